The van der Waals surface area contributed by atoms with Crippen LogP contribution in [-0.2, 0) is 20.7 Å². The van der Waals surface area contributed by atoms with Crippen molar-refractivity contribution < 1.29 is 18.8 Å². The molecule has 0 aliphatic carbocycles. The minimum atomic E-state index is -0.219. The van der Waals surface area contributed by atoms with Gasteiger partial charge >= 0.3 is 0 Å². The molecule has 1 aromatic heterocycles. The van der Waals surface area contributed by atoms with Gasteiger partial charge in [0.25, 0.3) is 0 Å². The summed E-state index contributed by atoms with van der Waals surface area (Å²) in [6.45, 7) is 8.67. The number of nitrogens with zero attached hydrogens (tertiary/aromatic N) is 2. The molecule has 7 heteroatoms. The lowest BCUT2D eigenvalue weighted by Gasteiger charge is -2.25. The fourth-order valence-corrected chi connectivity index (χ4v) is 3.56. The molecule has 0 saturated carbocycles. The van der Waals surface area contributed by atoms with Gasteiger partial charge in [-0.05, 0) is 57.7 Å². The first kappa shape index (κ1) is 21.0. The summed E-state index contributed by atoms with van der Waals surface area (Å²) < 4.78 is 10.9. The van der Waals surface area contributed by atoms with Crippen molar-refractivity contribution in [3.05, 3.63) is 46.3 Å². The van der Waals surface area contributed by atoms with Crippen LogP contribution in [0, 0.1) is 27.7 Å². The highest BCUT2D eigenvalue weighted by Crippen LogP contribution is 2.19. The molecule has 0 spiro atoms. The monoisotopic (exact) mass is 399 g/mol. The maximum atomic E-state index is 13.0. The van der Waals surface area contributed by atoms with Gasteiger partial charge in [0, 0.05) is 24.4 Å². The highest BCUT2D eigenvalue weighted by atomic mass is 16.5. The van der Waals surface area contributed by atoms with Crippen molar-refractivity contribution in [2.45, 2.75) is 53.1 Å². The van der Waals surface area contributed by atoms with E-state index in [1.54, 1.807) is 11.8 Å². The van der Waals surface area contributed by atoms with Crippen LogP contribution in [-0.4, -0.2) is 47.7 Å². The number of nitrogens with one attached hydrogen (secondary N) is 1. The first-order valence-corrected chi connectivity index (χ1v) is 10.0. The van der Waals surface area contributed by atoms with Crippen molar-refractivity contribution in [1.29, 1.82) is 0 Å². The topological polar surface area (TPSA) is 84.7 Å². The van der Waals surface area contributed by atoms with E-state index in [9.17, 15) is 9.59 Å². The maximum absolute atomic E-state index is 13.0. The third-order valence-corrected chi connectivity index (χ3v) is 5.52. The Morgan fingerprint density at radius 1 is 1.24 bits per heavy atom. The SMILES string of the molecule is Cc1cccc(NC(=O)CN(C[C@@H]2CCCO2)C(=O)Cc2c(C)noc2C)c1C. The smallest absolute Gasteiger partial charge is 0.244 e. The van der Waals surface area contributed by atoms with Crippen LogP contribution < -0.4 is 5.32 Å². The quantitative estimate of drug-likeness (QED) is 0.773. The summed E-state index contributed by atoms with van der Waals surface area (Å²) in [7, 11) is 0. The van der Waals surface area contributed by atoms with Crippen LogP contribution in [0.2, 0.25) is 0 Å². The Labute approximate surface area is 171 Å². The van der Waals surface area contributed by atoms with E-state index in [-0.39, 0.29) is 30.9 Å². The van der Waals surface area contributed by atoms with E-state index in [1.165, 1.54) is 0 Å². The van der Waals surface area contributed by atoms with Gasteiger partial charge in [0.2, 0.25) is 11.8 Å². The number of carbonyl (C=O) groups is 2. The number of rotatable bonds is 7. The second-order valence-corrected chi connectivity index (χ2v) is 7.68. The number of ether oxygens (including phenoxy) is 1. The van der Waals surface area contributed by atoms with E-state index < -0.39 is 0 Å². The van der Waals surface area contributed by atoms with E-state index in [2.05, 4.69) is 10.5 Å². The lowest BCUT2D eigenvalue weighted by atomic mass is 10.1. The molecule has 3 rings (SSSR count). The molecular weight excluding hydrogens is 370 g/mol. The molecule has 1 N–H and O–H groups in total. The summed E-state index contributed by atoms with van der Waals surface area (Å²) in [6, 6.07) is 5.78. The van der Waals surface area contributed by atoms with Crippen LogP contribution in [0.15, 0.2) is 22.7 Å². The molecule has 1 saturated heterocycles. The number of anilines is 1. The lowest BCUT2D eigenvalue weighted by Crippen LogP contribution is -2.43. The van der Waals surface area contributed by atoms with E-state index >= 15 is 0 Å². The van der Waals surface area contributed by atoms with E-state index in [1.807, 2.05) is 39.0 Å². The van der Waals surface area contributed by atoms with Crippen LogP contribution in [0.25, 0.3) is 0 Å². The number of hydrogen-bond acceptors (Lipinski definition) is 5. The first-order chi connectivity index (χ1) is 13.8. The molecule has 2 amide bonds. The van der Waals surface area contributed by atoms with E-state index in [4.69, 9.17) is 9.26 Å². The van der Waals surface area contributed by atoms with Crippen LogP contribution in [0.4, 0.5) is 5.69 Å². The summed E-state index contributed by atoms with van der Waals surface area (Å²) in [5, 5.41) is 6.86. The normalized spacial score (nSPS) is 16.1. The third kappa shape index (κ3) is 5.23. The average Bonchev–Trinajstić information content (AvgIpc) is 3.30. The van der Waals surface area contributed by atoms with Crippen molar-refractivity contribution in [3.8, 4) is 0 Å². The Morgan fingerprint density at radius 2 is 2.03 bits per heavy atom. The average molecular weight is 399 g/mol. The minimum Gasteiger partial charge on any atom is -0.376 e. The molecule has 1 atom stereocenters. The highest BCUT2D eigenvalue weighted by molar-refractivity contribution is 5.95. The number of hydrogen-bond donors (Lipinski definition) is 1. The zero-order valence-corrected chi connectivity index (χ0v) is 17.6. The van der Waals surface area contributed by atoms with Crippen LogP contribution in [0.3, 0.4) is 0 Å². The Balaban J connectivity index is 1.71. The van der Waals surface area contributed by atoms with Crippen LogP contribution >= 0.6 is 0 Å². The number of amides is 2. The predicted molar refractivity (Wildman–Crippen MR) is 110 cm³/mol. The molecule has 0 bridgehead atoms. The predicted octanol–water partition coefficient (Wildman–Crippen LogP) is 3.10. The highest BCUT2D eigenvalue weighted by Gasteiger charge is 2.26. The van der Waals surface area contributed by atoms with Crippen molar-refractivity contribution >= 4 is 17.5 Å². The van der Waals surface area contributed by atoms with Gasteiger partial charge in [-0.1, -0.05) is 17.3 Å². The summed E-state index contributed by atoms with van der Waals surface area (Å²) in [5.41, 5.74) is 4.38. The summed E-state index contributed by atoms with van der Waals surface area (Å²) >= 11 is 0. The number of aryl methyl sites for hydroxylation is 3. The van der Waals surface area contributed by atoms with Gasteiger partial charge in [-0.25, -0.2) is 0 Å². The van der Waals surface area contributed by atoms with Gasteiger partial charge < -0.3 is 19.5 Å². The Bertz CT molecular complexity index is 865. The molecule has 29 heavy (non-hydrogen) atoms. The van der Waals surface area contributed by atoms with Crippen molar-refractivity contribution in [3.63, 3.8) is 0 Å². The molecule has 1 fully saturated rings. The number of benzene rings is 1. The van der Waals surface area contributed by atoms with Gasteiger partial charge in [0.1, 0.15) is 5.76 Å². The molecule has 2 heterocycles. The van der Waals surface area contributed by atoms with Gasteiger partial charge in [-0.15, -0.1) is 0 Å². The Kier molecular flexibility index (Phi) is 6.69. The summed E-state index contributed by atoms with van der Waals surface area (Å²) in [6.07, 6.45) is 2.00. The van der Waals surface area contributed by atoms with E-state index in [0.717, 1.165) is 35.2 Å². The Morgan fingerprint density at radius 3 is 2.69 bits per heavy atom. The zero-order chi connectivity index (χ0) is 21.0. The van der Waals surface area contributed by atoms with Crippen molar-refractivity contribution in [1.82, 2.24) is 10.1 Å². The van der Waals surface area contributed by atoms with Crippen LogP contribution in [0.5, 0.6) is 0 Å². The second-order valence-electron chi connectivity index (χ2n) is 7.68. The van der Waals surface area contributed by atoms with Gasteiger partial charge in [0.05, 0.1) is 24.8 Å². The second kappa shape index (κ2) is 9.22. The fourth-order valence-electron chi connectivity index (χ4n) is 3.56. The fraction of sp³-hybridized carbons (Fsp3) is 0.500. The zero-order valence-electron chi connectivity index (χ0n) is 17.6. The number of aromatic nitrogens is 1. The van der Waals surface area contributed by atoms with Gasteiger partial charge in [-0.3, -0.25) is 9.59 Å². The molecular formula is C22H29N3O4. The first-order valence-electron chi connectivity index (χ1n) is 10.0. The molecule has 1 aliphatic rings. The molecule has 156 valence electrons. The van der Waals surface area contributed by atoms with Gasteiger partial charge in [-0.2, -0.15) is 0 Å². The molecule has 0 unspecified atom stereocenters. The molecule has 1 aliphatic heterocycles. The number of carbonyl (C=O) groups excluding carboxylic acids is 2. The van der Waals surface area contributed by atoms with Gasteiger partial charge in [0.15, 0.2) is 0 Å². The minimum absolute atomic E-state index is 0.0184. The van der Waals surface area contributed by atoms with Crippen LogP contribution in [0.1, 0.15) is 41.0 Å². The summed E-state index contributed by atoms with van der Waals surface area (Å²) in [4.78, 5) is 27.3. The summed E-state index contributed by atoms with van der Waals surface area (Å²) in [5.74, 6) is 0.280. The van der Waals surface area contributed by atoms with E-state index in [0.29, 0.717) is 24.6 Å². The molecule has 0 radical (unpaired) electrons. The third-order valence-electron chi connectivity index (χ3n) is 5.52. The maximum Gasteiger partial charge on any atom is 0.244 e. The standard InChI is InChI=1S/C22H29N3O4/c1-14-7-5-9-20(15(14)2)23-21(26)13-25(12-18-8-6-10-28-18)22(27)11-19-16(3)24-29-17(19)4/h5,7,9,18H,6,8,10-13H2,1-4H3,(H,23,26)/t18-/m0/s1. The Hall–Kier alpha value is -2.67. The van der Waals surface area contributed by atoms with Crippen molar-refractivity contribution in [2.24, 2.45) is 0 Å². The lowest BCUT2D eigenvalue weighted by molar-refractivity contribution is -0.135. The molecule has 2 aromatic rings. The molecule has 1 aromatic carbocycles. The molecule has 7 nitrogen and oxygen atoms in total. The largest absolute Gasteiger partial charge is 0.376 e. The van der Waals surface area contributed by atoms with Crippen molar-refractivity contribution in [2.75, 3.05) is 25.0 Å².